The number of piperidine rings is 1. The molecule has 8 heteroatoms. The van der Waals surface area contributed by atoms with Crippen LogP contribution in [0.15, 0.2) is 35.5 Å². The van der Waals surface area contributed by atoms with E-state index in [4.69, 9.17) is 4.74 Å². The lowest BCUT2D eigenvalue weighted by Gasteiger charge is -2.42. The van der Waals surface area contributed by atoms with Crippen LogP contribution in [0.4, 0.5) is 0 Å². The minimum atomic E-state index is -0.0754. The van der Waals surface area contributed by atoms with E-state index in [0.717, 1.165) is 50.4 Å². The molecular formula is C22H27N5O3. The Bertz CT molecular complexity index is 968. The van der Waals surface area contributed by atoms with Crippen LogP contribution in [0.1, 0.15) is 40.5 Å². The molecule has 0 aromatic carbocycles. The van der Waals surface area contributed by atoms with Crippen LogP contribution in [0.25, 0.3) is 0 Å². The molecule has 0 aliphatic carbocycles. The van der Waals surface area contributed by atoms with Crippen LogP contribution < -0.4 is 5.56 Å². The molecule has 2 bridgehead atoms. The minimum absolute atomic E-state index is 0.0754. The average molecular weight is 409 g/mol. The van der Waals surface area contributed by atoms with E-state index < -0.39 is 0 Å². The van der Waals surface area contributed by atoms with Crippen LogP contribution in [0, 0.1) is 5.92 Å². The van der Waals surface area contributed by atoms with E-state index in [1.807, 2.05) is 15.5 Å². The second kappa shape index (κ2) is 8.28. The number of carbonyl (C=O) groups excluding carboxylic acids is 1. The average Bonchev–Trinajstić information content (AvgIpc) is 3.05. The van der Waals surface area contributed by atoms with Gasteiger partial charge in [0.15, 0.2) is 0 Å². The van der Waals surface area contributed by atoms with Crippen molar-refractivity contribution < 1.29 is 9.53 Å². The Hall–Kier alpha value is -2.58. The van der Waals surface area contributed by atoms with Gasteiger partial charge in [0, 0.05) is 75.4 Å². The van der Waals surface area contributed by atoms with Crippen molar-refractivity contribution in [3.05, 3.63) is 58.0 Å². The van der Waals surface area contributed by atoms with Crippen molar-refractivity contribution in [2.24, 2.45) is 5.92 Å². The van der Waals surface area contributed by atoms with Gasteiger partial charge < -0.3 is 14.2 Å². The second-order valence-corrected chi connectivity index (χ2v) is 8.54. The van der Waals surface area contributed by atoms with E-state index in [9.17, 15) is 9.59 Å². The molecule has 2 aromatic rings. The first kappa shape index (κ1) is 19.4. The molecule has 30 heavy (non-hydrogen) atoms. The fourth-order valence-electron chi connectivity index (χ4n) is 5.05. The topological polar surface area (TPSA) is 80.6 Å². The molecule has 3 aliphatic rings. The fraction of sp³-hybridized carbons (Fsp3) is 0.545. The Morgan fingerprint density at radius 3 is 2.93 bits per heavy atom. The van der Waals surface area contributed by atoms with Gasteiger partial charge in [0.2, 0.25) is 0 Å². The van der Waals surface area contributed by atoms with Crippen molar-refractivity contribution in [1.82, 2.24) is 24.3 Å². The molecule has 2 saturated heterocycles. The SMILES string of the molecule is O=C(c1cnccn1)N1C[C@@H]2C[C@H](C1)c1ccc(CN3CCCOCC3)c(=O)n1C2. The number of aromatic nitrogens is 3. The quantitative estimate of drug-likeness (QED) is 0.756. The zero-order chi connectivity index (χ0) is 20.5. The van der Waals surface area contributed by atoms with Crippen molar-refractivity contribution in [1.29, 1.82) is 0 Å². The van der Waals surface area contributed by atoms with E-state index in [-0.39, 0.29) is 23.3 Å². The predicted octanol–water partition coefficient (Wildman–Crippen LogP) is 1.12. The highest BCUT2D eigenvalue weighted by molar-refractivity contribution is 5.92. The molecule has 0 N–H and O–H groups in total. The van der Waals surface area contributed by atoms with E-state index in [1.165, 1.54) is 6.20 Å². The maximum Gasteiger partial charge on any atom is 0.274 e. The molecule has 158 valence electrons. The summed E-state index contributed by atoms with van der Waals surface area (Å²) in [5, 5.41) is 0. The van der Waals surface area contributed by atoms with Gasteiger partial charge >= 0.3 is 0 Å². The number of pyridine rings is 1. The summed E-state index contributed by atoms with van der Waals surface area (Å²) in [4.78, 5) is 38.5. The maximum atomic E-state index is 13.2. The van der Waals surface area contributed by atoms with Crippen LogP contribution in [0.2, 0.25) is 0 Å². The summed E-state index contributed by atoms with van der Waals surface area (Å²) in [5.74, 6) is 0.400. The number of likely N-dealkylation sites (tertiary alicyclic amines) is 1. The van der Waals surface area contributed by atoms with Crippen LogP contribution in [-0.2, 0) is 17.8 Å². The van der Waals surface area contributed by atoms with Gasteiger partial charge in [-0.3, -0.25) is 19.5 Å². The molecule has 2 aromatic heterocycles. The van der Waals surface area contributed by atoms with Crippen LogP contribution in [0.5, 0.6) is 0 Å². The summed E-state index contributed by atoms with van der Waals surface area (Å²) in [6, 6.07) is 4.09. The first-order chi connectivity index (χ1) is 14.7. The molecule has 5 rings (SSSR count). The van der Waals surface area contributed by atoms with Crippen LogP contribution in [0.3, 0.4) is 0 Å². The summed E-state index contributed by atoms with van der Waals surface area (Å²) in [5.41, 5.74) is 2.41. The third kappa shape index (κ3) is 3.77. The van der Waals surface area contributed by atoms with E-state index in [1.54, 1.807) is 12.4 Å². The Morgan fingerprint density at radius 2 is 2.07 bits per heavy atom. The van der Waals surface area contributed by atoms with E-state index >= 15 is 0 Å². The maximum absolute atomic E-state index is 13.2. The second-order valence-electron chi connectivity index (χ2n) is 8.54. The highest BCUT2D eigenvalue weighted by Gasteiger charge is 2.37. The van der Waals surface area contributed by atoms with Gasteiger partial charge in [0.1, 0.15) is 5.69 Å². The predicted molar refractivity (Wildman–Crippen MR) is 110 cm³/mol. The highest BCUT2D eigenvalue weighted by atomic mass is 16.5. The van der Waals surface area contributed by atoms with Crippen molar-refractivity contribution in [2.45, 2.75) is 31.8 Å². The summed E-state index contributed by atoms with van der Waals surface area (Å²) < 4.78 is 7.49. The number of fused-ring (bicyclic) bond motifs is 4. The molecule has 2 atom stereocenters. The monoisotopic (exact) mass is 409 g/mol. The number of rotatable bonds is 3. The molecule has 8 nitrogen and oxygen atoms in total. The molecular weight excluding hydrogens is 382 g/mol. The zero-order valence-electron chi connectivity index (χ0n) is 17.1. The minimum Gasteiger partial charge on any atom is -0.380 e. The first-order valence-corrected chi connectivity index (χ1v) is 10.8. The van der Waals surface area contributed by atoms with Gasteiger partial charge in [0.25, 0.3) is 11.5 Å². The van der Waals surface area contributed by atoms with Gasteiger partial charge in [-0.15, -0.1) is 0 Å². The Kier molecular flexibility index (Phi) is 5.35. The largest absolute Gasteiger partial charge is 0.380 e. The lowest BCUT2D eigenvalue weighted by Crippen LogP contribution is -2.49. The van der Waals surface area contributed by atoms with Crippen molar-refractivity contribution in [3.63, 3.8) is 0 Å². The number of amides is 1. The third-order valence-corrected chi connectivity index (χ3v) is 6.46. The third-order valence-electron chi connectivity index (χ3n) is 6.46. The molecule has 0 unspecified atom stereocenters. The number of nitrogens with zero attached hydrogens (tertiary/aromatic N) is 5. The van der Waals surface area contributed by atoms with E-state index in [0.29, 0.717) is 31.9 Å². The van der Waals surface area contributed by atoms with Crippen molar-refractivity contribution in [3.8, 4) is 0 Å². The summed E-state index contributed by atoms with van der Waals surface area (Å²) in [6.45, 7) is 5.98. The molecule has 2 fully saturated rings. The van der Waals surface area contributed by atoms with Crippen molar-refractivity contribution in [2.75, 3.05) is 39.4 Å². The fourth-order valence-corrected chi connectivity index (χ4v) is 5.05. The van der Waals surface area contributed by atoms with Gasteiger partial charge in [-0.05, 0) is 24.8 Å². The zero-order valence-corrected chi connectivity index (χ0v) is 17.1. The van der Waals surface area contributed by atoms with Gasteiger partial charge in [-0.2, -0.15) is 0 Å². The Labute approximate surface area is 175 Å². The van der Waals surface area contributed by atoms with Gasteiger partial charge in [-0.25, -0.2) is 4.98 Å². The smallest absolute Gasteiger partial charge is 0.274 e. The number of hydrogen-bond donors (Lipinski definition) is 0. The highest BCUT2D eigenvalue weighted by Crippen LogP contribution is 2.35. The lowest BCUT2D eigenvalue weighted by molar-refractivity contribution is 0.0587. The summed E-state index contributed by atoms with van der Waals surface area (Å²) >= 11 is 0. The van der Waals surface area contributed by atoms with Gasteiger partial charge in [-0.1, -0.05) is 6.07 Å². The van der Waals surface area contributed by atoms with Crippen LogP contribution in [-0.4, -0.2) is 69.6 Å². The molecule has 0 spiro atoms. The normalized spacial score (nSPS) is 24.2. The Balaban J connectivity index is 1.36. The standard InChI is InChI=1S/C22H27N5O3/c28-21-17(14-25-6-1-8-30-9-7-25)2-3-20-18-10-16(13-27(20)21)12-26(15-18)22(29)19-11-23-4-5-24-19/h2-5,11,16,18H,1,6-10,12-15H2/t16-,18+/m0/s1. The number of ether oxygens (including phenoxy) is 1. The van der Waals surface area contributed by atoms with Crippen LogP contribution >= 0.6 is 0 Å². The number of hydrogen-bond acceptors (Lipinski definition) is 6. The summed E-state index contributed by atoms with van der Waals surface area (Å²) in [7, 11) is 0. The van der Waals surface area contributed by atoms with E-state index in [2.05, 4.69) is 20.9 Å². The molecule has 0 radical (unpaired) electrons. The Morgan fingerprint density at radius 1 is 1.13 bits per heavy atom. The molecule has 5 heterocycles. The van der Waals surface area contributed by atoms with Gasteiger partial charge in [0.05, 0.1) is 12.8 Å². The number of carbonyl (C=O) groups is 1. The lowest BCUT2D eigenvalue weighted by atomic mass is 9.83. The van der Waals surface area contributed by atoms with Crippen molar-refractivity contribution >= 4 is 5.91 Å². The molecule has 3 aliphatic heterocycles. The molecule has 0 saturated carbocycles. The first-order valence-electron chi connectivity index (χ1n) is 10.8. The molecule has 1 amide bonds. The summed E-state index contributed by atoms with van der Waals surface area (Å²) in [6.07, 6.45) is 6.66.